The highest BCUT2D eigenvalue weighted by atomic mass is 19.1. The summed E-state index contributed by atoms with van der Waals surface area (Å²) in [5.74, 6) is -5.02. The van der Waals surface area contributed by atoms with Crippen LogP contribution in [0.15, 0.2) is 70.8 Å². The Morgan fingerprint density at radius 1 is 0.929 bits per heavy atom. The second-order valence-corrected chi connectivity index (χ2v) is 15.2. The van der Waals surface area contributed by atoms with Crippen molar-refractivity contribution in [2.45, 2.75) is 77.1 Å². The maximum Gasteiger partial charge on any atom is 0.265 e. The minimum absolute atomic E-state index is 0.0135. The first-order chi connectivity index (χ1) is 27.1. The van der Waals surface area contributed by atoms with Crippen molar-refractivity contribution in [1.29, 1.82) is 0 Å². The van der Waals surface area contributed by atoms with Crippen LogP contribution < -0.4 is 14.4 Å². The van der Waals surface area contributed by atoms with Crippen LogP contribution in [-0.2, 0) is 24.3 Å². The molecule has 0 spiro atoms. The molecule has 1 heterocycles. The van der Waals surface area contributed by atoms with Gasteiger partial charge in [-0.2, -0.15) is 0 Å². The van der Waals surface area contributed by atoms with E-state index < -0.39 is 46.6 Å². The van der Waals surface area contributed by atoms with Crippen LogP contribution >= 0.6 is 0 Å². The molecule has 1 aromatic heterocycles. The topological polar surface area (TPSA) is 143 Å². The minimum atomic E-state index is -2.62. The first-order valence-electron chi connectivity index (χ1n) is 19.4. The highest BCUT2D eigenvalue weighted by Crippen LogP contribution is 2.57. The predicted octanol–water partition coefficient (Wildman–Crippen LogP) is 7.45. The molecule has 1 fully saturated rings. The molecule has 0 radical (unpaired) electrons. The third kappa shape index (κ3) is 6.58. The van der Waals surface area contributed by atoms with Crippen LogP contribution in [0, 0.1) is 17.7 Å². The van der Waals surface area contributed by atoms with Gasteiger partial charge in [0.15, 0.2) is 23.4 Å². The molecule has 0 amide bonds. The Balaban J connectivity index is 1.42. The number of anilines is 1. The van der Waals surface area contributed by atoms with Crippen molar-refractivity contribution in [1.82, 2.24) is 10.1 Å². The normalized spacial score (nSPS) is 21.3. The third-order valence-electron chi connectivity index (χ3n) is 11.3. The number of carbonyl (C=O) groups is 3. The van der Waals surface area contributed by atoms with E-state index in [1.807, 2.05) is 79.4 Å². The number of fused-ring (bicyclic) bond motifs is 4. The van der Waals surface area contributed by atoms with Crippen LogP contribution in [0.3, 0.4) is 0 Å². The van der Waals surface area contributed by atoms with Crippen LogP contribution in [0.4, 0.5) is 10.1 Å². The Bertz CT molecular complexity index is 2110. The van der Waals surface area contributed by atoms with Gasteiger partial charge in [0, 0.05) is 30.1 Å². The van der Waals surface area contributed by atoms with Crippen LogP contribution in [0.25, 0.3) is 5.76 Å². The lowest BCUT2D eigenvalue weighted by molar-refractivity contribution is -0.142. The molecule has 11 nitrogen and oxygen atoms in total. The smallest absolute Gasteiger partial charge is 0.265 e. The Labute approximate surface area is 325 Å². The van der Waals surface area contributed by atoms with Gasteiger partial charge in [0.05, 0.1) is 36.1 Å². The quantitative estimate of drug-likeness (QED) is 0.0708. The van der Waals surface area contributed by atoms with E-state index in [9.17, 15) is 24.6 Å². The highest BCUT2D eigenvalue weighted by Gasteiger charge is 2.65. The summed E-state index contributed by atoms with van der Waals surface area (Å²) in [6, 6.07) is 18.3. The second kappa shape index (κ2) is 16.0. The van der Waals surface area contributed by atoms with Crippen molar-refractivity contribution in [3.8, 4) is 11.6 Å². The molecule has 3 aliphatic rings. The van der Waals surface area contributed by atoms with Crippen LogP contribution in [-0.4, -0.2) is 71.0 Å². The van der Waals surface area contributed by atoms with Crippen LogP contribution in [0.1, 0.15) is 101 Å². The van der Waals surface area contributed by atoms with Gasteiger partial charge in [-0.25, -0.2) is 4.39 Å². The molecular weight excluding hydrogens is 717 g/mol. The number of aromatic nitrogens is 1. The molecule has 56 heavy (non-hydrogen) atoms. The predicted molar refractivity (Wildman–Crippen MR) is 207 cm³/mol. The number of benzene rings is 3. The number of hydrogen-bond acceptors (Lipinski definition) is 11. The summed E-state index contributed by atoms with van der Waals surface area (Å²) in [7, 11) is 3.48. The van der Waals surface area contributed by atoms with E-state index in [0.29, 0.717) is 19.1 Å². The number of ketones is 2. The first-order valence-corrected chi connectivity index (χ1v) is 19.4. The number of rotatable bonds is 15. The number of aliphatic hydroxyl groups is 2. The average molecular weight is 766 g/mol. The standard InChI is InChI=1S/C44H48FN3O8/c1-5-7-19-54-39-33-29(35(45)30(25-49)36(39)48(23-26-15-11-9-12-16-26)24-27-17-13-10-14-18-27)21-28-22-31-37(47(3)4)40-34(43(46-56-40)55-20-8-6-2)42(52)44(31,53)41(51)32(28)38(33)50/h9-18,25,28,31,37,50,53H,5-8,19-24H2,1-4H3/t28-,31-,37-,44-/m0/s1. The fourth-order valence-electron chi connectivity index (χ4n) is 8.63. The Morgan fingerprint density at radius 3 is 2.11 bits per heavy atom. The molecular formula is C44H48FN3O8. The van der Waals surface area contributed by atoms with E-state index in [2.05, 4.69) is 5.16 Å². The Hall–Kier alpha value is -5.33. The molecule has 0 bridgehead atoms. The van der Waals surface area contributed by atoms with E-state index in [1.165, 1.54) is 0 Å². The number of ether oxygens (including phenoxy) is 2. The number of aliphatic hydroxyl groups excluding tert-OH is 1. The number of carbonyl (C=O) groups excluding carboxylic acids is 3. The van der Waals surface area contributed by atoms with Gasteiger partial charge >= 0.3 is 0 Å². The summed E-state index contributed by atoms with van der Waals surface area (Å²) in [4.78, 5) is 46.0. The largest absolute Gasteiger partial charge is 0.507 e. The molecule has 3 aliphatic carbocycles. The molecule has 0 saturated heterocycles. The van der Waals surface area contributed by atoms with Crippen LogP contribution in [0.2, 0.25) is 0 Å². The van der Waals surface area contributed by atoms with Gasteiger partial charge in [-0.3, -0.25) is 19.3 Å². The van der Waals surface area contributed by atoms with Crippen molar-refractivity contribution in [2.24, 2.45) is 11.8 Å². The summed E-state index contributed by atoms with van der Waals surface area (Å²) in [6.07, 6.45) is 3.29. The average Bonchev–Trinajstić information content (AvgIpc) is 3.60. The van der Waals surface area contributed by atoms with Gasteiger partial charge in [0.1, 0.15) is 17.1 Å². The number of hydrogen-bond donors (Lipinski definition) is 2. The van der Waals surface area contributed by atoms with Gasteiger partial charge in [-0.1, -0.05) is 87.4 Å². The zero-order chi connectivity index (χ0) is 39.7. The molecule has 12 heteroatoms. The minimum Gasteiger partial charge on any atom is -0.507 e. The summed E-state index contributed by atoms with van der Waals surface area (Å²) in [6.45, 7) is 4.91. The lowest BCUT2D eigenvalue weighted by Crippen LogP contribution is -2.63. The zero-order valence-electron chi connectivity index (χ0n) is 32.2. The van der Waals surface area contributed by atoms with Crippen molar-refractivity contribution < 1.29 is 43.0 Å². The molecule has 2 N–H and O–H groups in total. The number of unbranched alkanes of at least 4 members (excludes halogenated alkanes) is 2. The fraction of sp³-hybridized carbons (Fsp3) is 0.409. The maximum absolute atomic E-state index is 17.2. The zero-order valence-corrected chi connectivity index (χ0v) is 32.2. The van der Waals surface area contributed by atoms with E-state index in [4.69, 9.17) is 14.0 Å². The second-order valence-electron chi connectivity index (χ2n) is 15.2. The Morgan fingerprint density at radius 2 is 1.54 bits per heavy atom. The molecule has 3 aromatic carbocycles. The van der Waals surface area contributed by atoms with E-state index in [0.717, 1.165) is 24.0 Å². The van der Waals surface area contributed by atoms with E-state index in [1.54, 1.807) is 19.0 Å². The van der Waals surface area contributed by atoms with Crippen molar-refractivity contribution in [3.63, 3.8) is 0 Å². The van der Waals surface area contributed by atoms with Gasteiger partial charge < -0.3 is 29.1 Å². The van der Waals surface area contributed by atoms with E-state index in [-0.39, 0.29) is 90.0 Å². The highest BCUT2D eigenvalue weighted by molar-refractivity contribution is 6.26. The molecule has 0 unspecified atom stereocenters. The van der Waals surface area contributed by atoms with Crippen molar-refractivity contribution in [3.05, 3.63) is 111 Å². The molecule has 4 aromatic rings. The number of nitrogens with zero attached hydrogens (tertiary/aromatic N) is 3. The molecule has 4 atom stereocenters. The number of halogens is 1. The molecule has 294 valence electrons. The molecule has 1 saturated carbocycles. The number of Topliss-reactive ketones (excluding diaryl/α,β-unsaturated/α-hetero) is 2. The van der Waals surface area contributed by atoms with E-state index >= 15 is 4.39 Å². The fourth-order valence-corrected chi connectivity index (χ4v) is 8.63. The van der Waals surface area contributed by atoms with Gasteiger partial charge in [-0.15, -0.1) is 0 Å². The first kappa shape index (κ1) is 38.9. The lowest BCUT2D eigenvalue weighted by atomic mass is 9.57. The summed E-state index contributed by atoms with van der Waals surface area (Å²) in [5.41, 5.74) is -1.26. The molecule has 0 aliphatic heterocycles. The molecule has 7 rings (SSSR count). The number of aldehydes is 1. The van der Waals surface area contributed by atoms with Gasteiger partial charge in [0.2, 0.25) is 11.6 Å². The monoisotopic (exact) mass is 765 g/mol. The summed E-state index contributed by atoms with van der Waals surface area (Å²) >= 11 is 0. The van der Waals surface area contributed by atoms with Gasteiger partial charge in [0.25, 0.3) is 5.88 Å². The van der Waals surface area contributed by atoms with Crippen molar-refractivity contribution in [2.75, 3.05) is 32.2 Å². The third-order valence-corrected chi connectivity index (χ3v) is 11.3. The van der Waals surface area contributed by atoms with Crippen molar-refractivity contribution >= 4 is 29.3 Å². The summed E-state index contributed by atoms with van der Waals surface area (Å²) < 4.78 is 35.2. The lowest BCUT2D eigenvalue weighted by Gasteiger charge is -2.49. The van der Waals surface area contributed by atoms with Gasteiger partial charge in [-0.05, 0) is 62.0 Å². The maximum atomic E-state index is 17.2. The SMILES string of the molecule is CCCCOc1noc2c1C(=O)[C@@]1(O)C(=O)C3=C(O)c4c(c(F)c(C=O)c(N(Cc5ccccc5)Cc5ccccc5)c4OCCCC)C[C@H]3C[C@H]1[C@@H]2N(C)C. The van der Waals surface area contributed by atoms with Crippen LogP contribution in [0.5, 0.6) is 11.6 Å². The summed E-state index contributed by atoms with van der Waals surface area (Å²) in [5, 5.41) is 28.9. The Kier molecular flexibility index (Phi) is 11.1.